The van der Waals surface area contributed by atoms with Gasteiger partial charge in [0.2, 0.25) is 0 Å². The molecule has 2 aromatic heterocycles. The third-order valence-corrected chi connectivity index (χ3v) is 5.37. The number of carbonyl (C=O) groups is 2. The van der Waals surface area contributed by atoms with Gasteiger partial charge in [-0.1, -0.05) is 0 Å². The molecule has 8 heteroatoms. The first kappa shape index (κ1) is 25.0. The number of ether oxygens (including phenoxy) is 2. The van der Waals surface area contributed by atoms with Crippen LogP contribution >= 0.6 is 0 Å². The number of aromatic carboxylic acids is 2. The Morgan fingerprint density at radius 1 is 0.706 bits per heavy atom. The van der Waals surface area contributed by atoms with Gasteiger partial charge in [-0.15, -0.1) is 0 Å². The monoisotopic (exact) mass is 470 g/mol. The molecule has 0 bridgehead atoms. The van der Waals surface area contributed by atoms with Crippen LogP contribution in [0.5, 0.6) is 11.5 Å². The summed E-state index contributed by atoms with van der Waals surface area (Å²) in [4.78, 5) is 23.4. The van der Waals surface area contributed by atoms with Crippen LogP contribution in [0.1, 0.15) is 70.8 Å². The fourth-order valence-corrected chi connectivity index (χ4v) is 3.63. The highest BCUT2D eigenvalue weighted by atomic mass is 16.5. The van der Waals surface area contributed by atoms with Crippen LogP contribution in [0.4, 0.5) is 0 Å². The van der Waals surface area contributed by atoms with Crippen LogP contribution in [0, 0.1) is 0 Å². The number of benzene rings is 1. The second-order valence-corrected chi connectivity index (χ2v) is 7.90. The zero-order chi connectivity index (χ0) is 24.2. The van der Waals surface area contributed by atoms with Crippen LogP contribution in [0.3, 0.4) is 0 Å². The van der Waals surface area contributed by atoms with Crippen molar-refractivity contribution in [3.63, 3.8) is 0 Å². The highest BCUT2D eigenvalue weighted by Crippen LogP contribution is 2.35. The summed E-state index contributed by atoms with van der Waals surface area (Å²) in [5.74, 6) is -0.628. The number of rotatable bonds is 16. The van der Waals surface area contributed by atoms with Crippen molar-refractivity contribution in [1.29, 1.82) is 0 Å². The molecule has 3 aromatic rings. The van der Waals surface area contributed by atoms with E-state index in [0.29, 0.717) is 13.0 Å². The first-order chi connectivity index (χ1) is 16.6. The lowest BCUT2D eigenvalue weighted by Gasteiger charge is -2.16. The molecule has 0 saturated heterocycles. The molecule has 0 amide bonds. The van der Waals surface area contributed by atoms with Crippen molar-refractivity contribution >= 4 is 11.9 Å². The predicted molar refractivity (Wildman–Crippen MR) is 124 cm³/mol. The Kier molecular flexibility index (Phi) is 9.64. The van der Waals surface area contributed by atoms with Crippen molar-refractivity contribution in [2.45, 2.75) is 51.4 Å². The van der Waals surface area contributed by atoms with E-state index in [2.05, 4.69) is 0 Å². The Balaban J connectivity index is 1.54. The van der Waals surface area contributed by atoms with E-state index in [4.69, 9.17) is 18.3 Å². The van der Waals surface area contributed by atoms with E-state index in [1.165, 1.54) is 12.1 Å². The van der Waals surface area contributed by atoms with E-state index in [1.54, 1.807) is 12.5 Å². The number of hydrogen-bond donors (Lipinski definition) is 2. The molecule has 182 valence electrons. The Hall–Kier alpha value is -3.68. The molecule has 0 radical (unpaired) electrons. The molecule has 0 unspecified atom stereocenters. The molecule has 8 nitrogen and oxygen atoms in total. The van der Waals surface area contributed by atoms with E-state index in [0.717, 1.165) is 56.5 Å². The molecule has 1 aromatic carbocycles. The van der Waals surface area contributed by atoms with Gasteiger partial charge in [0.05, 0.1) is 31.3 Å². The van der Waals surface area contributed by atoms with Gasteiger partial charge in [-0.2, -0.15) is 0 Å². The molecule has 2 N–H and O–H groups in total. The highest BCUT2D eigenvalue weighted by Gasteiger charge is 2.25. The van der Waals surface area contributed by atoms with Gasteiger partial charge in [-0.3, -0.25) is 0 Å². The lowest BCUT2D eigenvalue weighted by atomic mass is 10.1. The molecule has 0 fully saturated rings. The molecule has 0 aliphatic rings. The average molecular weight is 471 g/mol. The molecular weight excluding hydrogens is 440 g/mol. The maximum Gasteiger partial charge on any atom is 0.340 e. The van der Waals surface area contributed by atoms with Gasteiger partial charge >= 0.3 is 11.9 Å². The summed E-state index contributed by atoms with van der Waals surface area (Å²) in [6.45, 7) is 0.615. The summed E-state index contributed by atoms with van der Waals surface area (Å²) >= 11 is 0. The lowest BCUT2D eigenvalue weighted by Crippen LogP contribution is -2.13. The van der Waals surface area contributed by atoms with E-state index in [1.807, 2.05) is 24.3 Å². The number of unbranched alkanes of at least 4 members (excludes halogenated alkanes) is 4. The van der Waals surface area contributed by atoms with Crippen molar-refractivity contribution in [2.75, 3.05) is 13.2 Å². The first-order valence-electron chi connectivity index (χ1n) is 11.5. The molecule has 2 heterocycles. The van der Waals surface area contributed by atoms with Gasteiger partial charge in [0.1, 0.15) is 17.1 Å². The second-order valence-electron chi connectivity index (χ2n) is 7.90. The second kappa shape index (κ2) is 13.1. The molecule has 3 rings (SSSR count). The number of carboxylic acid groups (broad SMARTS) is 2. The summed E-state index contributed by atoms with van der Waals surface area (Å²) < 4.78 is 22.2. The van der Waals surface area contributed by atoms with Gasteiger partial charge < -0.3 is 28.5 Å². The molecule has 0 aliphatic heterocycles. The minimum absolute atomic E-state index is 0.0333. The largest absolute Gasteiger partial charge is 0.490 e. The van der Waals surface area contributed by atoms with Crippen LogP contribution in [0.2, 0.25) is 0 Å². The number of hydrogen-bond acceptors (Lipinski definition) is 6. The minimum atomic E-state index is -1.37. The fraction of sp³-hybridized carbons (Fsp3) is 0.385. The third kappa shape index (κ3) is 7.43. The first-order valence-corrected chi connectivity index (χ1v) is 11.5. The fourth-order valence-electron chi connectivity index (χ4n) is 3.63. The maximum absolute atomic E-state index is 11.9. The van der Waals surface area contributed by atoms with Crippen LogP contribution < -0.4 is 9.47 Å². The zero-order valence-electron chi connectivity index (χ0n) is 19.0. The summed E-state index contributed by atoms with van der Waals surface area (Å²) in [5.41, 5.74) is -0.718. The molecule has 0 atom stereocenters. The van der Waals surface area contributed by atoms with E-state index < -0.39 is 17.5 Å². The van der Waals surface area contributed by atoms with Crippen molar-refractivity contribution < 1.29 is 38.1 Å². The van der Waals surface area contributed by atoms with Gasteiger partial charge in [-0.05, 0) is 74.9 Å². The van der Waals surface area contributed by atoms with Crippen LogP contribution in [-0.2, 0) is 12.8 Å². The SMILES string of the molecule is O=C(O)c1ccc(OCCCCCc2ccco2)c(OCCCCCc2ccco2)c1C(=O)O. The normalized spacial score (nSPS) is 10.8. The zero-order valence-corrected chi connectivity index (χ0v) is 19.0. The average Bonchev–Trinajstić information content (AvgIpc) is 3.52. The smallest absolute Gasteiger partial charge is 0.340 e. The number of furan rings is 2. The van der Waals surface area contributed by atoms with E-state index in [9.17, 15) is 19.8 Å². The van der Waals surface area contributed by atoms with Gasteiger partial charge in [0, 0.05) is 12.8 Å². The molecule has 0 spiro atoms. The Morgan fingerprint density at radius 2 is 1.29 bits per heavy atom. The third-order valence-electron chi connectivity index (χ3n) is 5.37. The van der Waals surface area contributed by atoms with Crippen molar-refractivity contribution in [1.82, 2.24) is 0 Å². The summed E-state index contributed by atoms with van der Waals surface area (Å²) in [5, 5.41) is 19.1. The Bertz CT molecular complexity index is 1020. The van der Waals surface area contributed by atoms with Crippen molar-refractivity contribution in [2.24, 2.45) is 0 Å². The number of aryl methyl sites for hydroxylation is 2. The van der Waals surface area contributed by atoms with Crippen LogP contribution in [0.15, 0.2) is 57.8 Å². The summed E-state index contributed by atoms with van der Waals surface area (Å²) in [6, 6.07) is 10.3. The van der Waals surface area contributed by atoms with Gasteiger partial charge in [0.15, 0.2) is 11.5 Å². The van der Waals surface area contributed by atoms with E-state index >= 15 is 0 Å². The quantitative estimate of drug-likeness (QED) is 0.250. The lowest BCUT2D eigenvalue weighted by molar-refractivity contribution is 0.0646. The van der Waals surface area contributed by atoms with Crippen LogP contribution in [-0.4, -0.2) is 35.4 Å². The molecule has 0 saturated carbocycles. The highest BCUT2D eigenvalue weighted by molar-refractivity contribution is 6.04. The van der Waals surface area contributed by atoms with Crippen molar-refractivity contribution in [3.05, 3.63) is 71.6 Å². The Morgan fingerprint density at radius 3 is 1.79 bits per heavy atom. The van der Waals surface area contributed by atoms with Gasteiger partial charge in [-0.25, -0.2) is 9.59 Å². The molecule has 0 aliphatic carbocycles. The molecular formula is C26H30O8. The maximum atomic E-state index is 11.9. The van der Waals surface area contributed by atoms with Crippen LogP contribution in [0.25, 0.3) is 0 Å². The number of carboxylic acids is 2. The van der Waals surface area contributed by atoms with Crippen molar-refractivity contribution in [3.8, 4) is 11.5 Å². The predicted octanol–water partition coefficient (Wildman–Crippen LogP) is 5.85. The minimum Gasteiger partial charge on any atom is -0.490 e. The standard InChI is InChI=1S/C26H30O8/c27-25(28)21-13-14-22(33-15-5-1-3-9-19-11-7-17-31-19)24(23(21)26(29)30)34-16-6-2-4-10-20-12-8-18-32-20/h7-8,11-14,17-18H,1-6,9-10,15-16H2,(H,27,28)(H,29,30). The topological polar surface area (TPSA) is 119 Å². The Labute approximate surface area is 198 Å². The van der Waals surface area contributed by atoms with Gasteiger partial charge in [0.25, 0.3) is 0 Å². The summed E-state index contributed by atoms with van der Waals surface area (Å²) in [7, 11) is 0. The summed E-state index contributed by atoms with van der Waals surface area (Å²) in [6.07, 6.45) is 10.0. The van der Waals surface area contributed by atoms with E-state index in [-0.39, 0.29) is 23.7 Å². The molecule has 34 heavy (non-hydrogen) atoms.